The number of pyridine rings is 1. The van der Waals surface area contributed by atoms with Gasteiger partial charge in [-0.3, -0.25) is 9.78 Å². The smallest absolute Gasteiger partial charge is 0.251 e. The lowest BCUT2D eigenvalue weighted by molar-refractivity contribution is 0.0944. The van der Waals surface area contributed by atoms with Gasteiger partial charge in [-0.15, -0.1) is 0 Å². The van der Waals surface area contributed by atoms with Crippen molar-refractivity contribution >= 4 is 5.91 Å². The lowest BCUT2D eigenvalue weighted by Crippen LogP contribution is -2.38. The van der Waals surface area contributed by atoms with Crippen molar-refractivity contribution in [3.63, 3.8) is 0 Å². The highest BCUT2D eigenvalue weighted by atomic mass is 16.5. The van der Waals surface area contributed by atoms with Gasteiger partial charge in [0.15, 0.2) is 11.5 Å². The van der Waals surface area contributed by atoms with Gasteiger partial charge >= 0.3 is 0 Å². The molecule has 27 heavy (non-hydrogen) atoms. The summed E-state index contributed by atoms with van der Waals surface area (Å²) in [6, 6.07) is 9.14. The Morgan fingerprint density at radius 2 is 2.22 bits per heavy atom. The van der Waals surface area contributed by atoms with Crippen molar-refractivity contribution in [3.8, 4) is 11.5 Å². The highest BCUT2D eigenvalue weighted by Gasteiger charge is 2.16. The number of aromatic nitrogens is 1. The Hall–Kier alpha value is -2.60. The maximum atomic E-state index is 12.5. The fraction of sp³-hybridized carbons (Fsp3) is 0.429. The molecule has 144 valence electrons. The fourth-order valence-electron chi connectivity index (χ4n) is 3.12. The van der Waals surface area contributed by atoms with E-state index in [4.69, 9.17) is 9.47 Å². The Morgan fingerprint density at radius 3 is 2.96 bits per heavy atom. The monoisotopic (exact) mass is 369 g/mol. The standard InChI is InChI=1S/C21H27N3O3/c1-2-26-20-11-18(21(25)24-14-16-5-3-9-22-12-16)7-8-19(20)27-15-17-6-4-10-23-13-17/h4,6-8,10-11,13,16,22H,2-3,5,9,12,14-15H2,1H3,(H,24,25). The van der Waals surface area contributed by atoms with Crippen molar-refractivity contribution in [1.82, 2.24) is 15.6 Å². The number of hydrogen-bond acceptors (Lipinski definition) is 5. The minimum absolute atomic E-state index is 0.0830. The van der Waals surface area contributed by atoms with E-state index in [0.29, 0.717) is 42.7 Å². The minimum atomic E-state index is -0.0830. The molecule has 2 heterocycles. The molecule has 0 saturated carbocycles. The Kier molecular flexibility index (Phi) is 7.04. The Morgan fingerprint density at radius 1 is 1.30 bits per heavy atom. The third kappa shape index (κ3) is 5.69. The molecule has 0 bridgehead atoms. The fourth-order valence-corrected chi connectivity index (χ4v) is 3.12. The Labute approximate surface area is 160 Å². The van der Waals surface area contributed by atoms with Crippen LogP contribution in [0.2, 0.25) is 0 Å². The molecule has 6 nitrogen and oxygen atoms in total. The lowest BCUT2D eigenvalue weighted by Gasteiger charge is -2.23. The predicted molar refractivity (Wildman–Crippen MR) is 104 cm³/mol. The average molecular weight is 369 g/mol. The first-order valence-electron chi connectivity index (χ1n) is 9.53. The quantitative estimate of drug-likeness (QED) is 0.749. The summed E-state index contributed by atoms with van der Waals surface area (Å²) in [5, 5.41) is 6.40. The van der Waals surface area contributed by atoms with Crippen LogP contribution in [0.25, 0.3) is 0 Å². The number of carbonyl (C=O) groups is 1. The molecule has 0 radical (unpaired) electrons. The number of benzene rings is 1. The van der Waals surface area contributed by atoms with Crippen LogP contribution in [-0.4, -0.2) is 37.1 Å². The number of nitrogens with zero attached hydrogens (tertiary/aromatic N) is 1. The van der Waals surface area contributed by atoms with Gasteiger partial charge in [0.2, 0.25) is 0 Å². The summed E-state index contributed by atoms with van der Waals surface area (Å²) in [5.41, 5.74) is 1.55. The lowest BCUT2D eigenvalue weighted by atomic mass is 9.99. The molecule has 1 saturated heterocycles. The van der Waals surface area contributed by atoms with Gasteiger partial charge in [-0.1, -0.05) is 6.07 Å². The zero-order chi connectivity index (χ0) is 18.9. The minimum Gasteiger partial charge on any atom is -0.490 e. The summed E-state index contributed by atoms with van der Waals surface area (Å²) in [5.74, 6) is 1.61. The highest BCUT2D eigenvalue weighted by Crippen LogP contribution is 2.29. The molecule has 0 aliphatic carbocycles. The molecule has 2 N–H and O–H groups in total. The van der Waals surface area contributed by atoms with Crippen LogP contribution >= 0.6 is 0 Å². The second kappa shape index (κ2) is 9.92. The molecule has 0 spiro atoms. The zero-order valence-corrected chi connectivity index (χ0v) is 15.7. The summed E-state index contributed by atoms with van der Waals surface area (Å²) in [4.78, 5) is 16.6. The normalized spacial score (nSPS) is 16.6. The maximum Gasteiger partial charge on any atom is 0.251 e. The van der Waals surface area contributed by atoms with Gasteiger partial charge in [0.1, 0.15) is 6.61 Å². The summed E-state index contributed by atoms with van der Waals surface area (Å²) in [7, 11) is 0. The van der Waals surface area contributed by atoms with Crippen molar-refractivity contribution in [2.75, 3.05) is 26.2 Å². The Bertz CT molecular complexity index is 731. The largest absolute Gasteiger partial charge is 0.490 e. The first kappa shape index (κ1) is 19.2. The van der Waals surface area contributed by atoms with Crippen LogP contribution < -0.4 is 20.1 Å². The third-order valence-corrected chi connectivity index (χ3v) is 4.57. The molecule has 6 heteroatoms. The molecule has 1 fully saturated rings. The van der Waals surface area contributed by atoms with Gasteiger partial charge in [0.25, 0.3) is 5.91 Å². The van der Waals surface area contributed by atoms with Gasteiger partial charge in [0.05, 0.1) is 6.61 Å². The van der Waals surface area contributed by atoms with Crippen molar-refractivity contribution in [2.45, 2.75) is 26.4 Å². The van der Waals surface area contributed by atoms with Crippen molar-refractivity contribution in [1.29, 1.82) is 0 Å². The van der Waals surface area contributed by atoms with Crippen molar-refractivity contribution in [3.05, 3.63) is 53.9 Å². The molecule has 1 aromatic heterocycles. The molecular weight excluding hydrogens is 342 g/mol. The predicted octanol–water partition coefficient (Wildman–Crippen LogP) is 2.79. The summed E-state index contributed by atoms with van der Waals surface area (Å²) in [6.07, 6.45) is 5.81. The van der Waals surface area contributed by atoms with Gasteiger partial charge < -0.3 is 20.1 Å². The van der Waals surface area contributed by atoms with Gasteiger partial charge in [-0.2, -0.15) is 0 Å². The highest BCUT2D eigenvalue weighted by molar-refractivity contribution is 5.94. The van der Waals surface area contributed by atoms with E-state index in [1.165, 1.54) is 0 Å². The molecule has 1 aliphatic rings. The number of carbonyl (C=O) groups excluding carboxylic acids is 1. The molecule has 1 unspecified atom stereocenters. The second-order valence-electron chi connectivity index (χ2n) is 6.67. The van der Waals surface area contributed by atoms with Crippen LogP contribution in [0, 0.1) is 5.92 Å². The van der Waals surface area contributed by atoms with Crippen LogP contribution in [0.4, 0.5) is 0 Å². The first-order chi connectivity index (χ1) is 13.3. The summed E-state index contributed by atoms with van der Waals surface area (Å²) < 4.78 is 11.5. The number of amides is 1. The van der Waals surface area contributed by atoms with Gasteiger partial charge in [-0.25, -0.2) is 0 Å². The number of piperidine rings is 1. The molecule has 2 aromatic rings. The van der Waals surface area contributed by atoms with Crippen LogP contribution in [0.15, 0.2) is 42.7 Å². The van der Waals surface area contributed by atoms with Gasteiger partial charge in [0, 0.05) is 30.1 Å². The van der Waals surface area contributed by atoms with Crippen LogP contribution in [0.3, 0.4) is 0 Å². The number of ether oxygens (including phenoxy) is 2. The number of rotatable bonds is 8. The third-order valence-electron chi connectivity index (χ3n) is 4.57. The zero-order valence-electron chi connectivity index (χ0n) is 15.7. The van der Waals surface area contributed by atoms with Gasteiger partial charge in [-0.05, 0) is 63.0 Å². The van der Waals surface area contributed by atoms with E-state index < -0.39 is 0 Å². The molecule has 1 amide bonds. The van der Waals surface area contributed by atoms with E-state index in [1.54, 1.807) is 30.6 Å². The number of nitrogens with one attached hydrogen (secondary N) is 2. The topological polar surface area (TPSA) is 72.5 Å². The summed E-state index contributed by atoms with van der Waals surface area (Å²) in [6.45, 7) is 5.53. The second-order valence-corrected chi connectivity index (χ2v) is 6.67. The molecule has 1 aromatic carbocycles. The van der Waals surface area contributed by atoms with Crippen LogP contribution in [-0.2, 0) is 6.61 Å². The van der Waals surface area contributed by atoms with E-state index in [1.807, 2.05) is 19.1 Å². The molecule has 1 aliphatic heterocycles. The van der Waals surface area contributed by atoms with E-state index >= 15 is 0 Å². The average Bonchev–Trinajstić information content (AvgIpc) is 2.73. The van der Waals surface area contributed by atoms with E-state index in [2.05, 4.69) is 15.6 Å². The van der Waals surface area contributed by atoms with Crippen LogP contribution in [0.1, 0.15) is 35.7 Å². The number of hydrogen-bond donors (Lipinski definition) is 2. The van der Waals surface area contributed by atoms with Crippen molar-refractivity contribution in [2.24, 2.45) is 5.92 Å². The maximum absolute atomic E-state index is 12.5. The first-order valence-corrected chi connectivity index (χ1v) is 9.53. The van der Waals surface area contributed by atoms with Crippen molar-refractivity contribution < 1.29 is 14.3 Å². The summed E-state index contributed by atoms with van der Waals surface area (Å²) >= 11 is 0. The van der Waals surface area contributed by atoms with E-state index in [-0.39, 0.29) is 5.91 Å². The Balaban J connectivity index is 1.62. The molecule has 3 rings (SSSR count). The van der Waals surface area contributed by atoms with E-state index in [9.17, 15) is 4.79 Å². The van der Waals surface area contributed by atoms with Crippen LogP contribution in [0.5, 0.6) is 11.5 Å². The SMILES string of the molecule is CCOc1cc(C(=O)NCC2CCCNC2)ccc1OCc1cccnc1. The molecule has 1 atom stereocenters. The molecular formula is C21H27N3O3. The van der Waals surface area contributed by atoms with E-state index in [0.717, 1.165) is 31.5 Å².